The van der Waals surface area contributed by atoms with Crippen LogP contribution in [0.1, 0.15) is 18.3 Å². The molecule has 4 nitrogen and oxygen atoms in total. The van der Waals surface area contributed by atoms with Gasteiger partial charge in [0.1, 0.15) is 0 Å². The molecular formula is C11H17N3O. The molecule has 0 fully saturated rings. The molecule has 1 rings (SSSR count). The van der Waals surface area contributed by atoms with Gasteiger partial charge in [-0.05, 0) is 26.0 Å². The van der Waals surface area contributed by atoms with Crippen LogP contribution < -0.4 is 5.32 Å². The molecule has 4 heteroatoms. The molecule has 1 N–H and O–H groups in total. The molecule has 0 bridgehead atoms. The van der Waals surface area contributed by atoms with Gasteiger partial charge in [-0.15, -0.1) is 0 Å². The van der Waals surface area contributed by atoms with Crippen LogP contribution in [0.25, 0.3) is 0 Å². The molecule has 1 heterocycles. The highest BCUT2D eigenvalue weighted by Crippen LogP contribution is 2.03. The molecule has 0 aromatic carbocycles. The first-order chi connectivity index (χ1) is 7.17. The number of aromatic nitrogens is 1. The number of hydrogen-bond donors (Lipinski definition) is 1. The van der Waals surface area contributed by atoms with Crippen LogP contribution >= 0.6 is 0 Å². The van der Waals surface area contributed by atoms with Crippen molar-refractivity contribution in [3.05, 3.63) is 29.6 Å². The molecule has 0 aliphatic carbocycles. The highest BCUT2D eigenvalue weighted by atomic mass is 16.2. The maximum Gasteiger partial charge on any atom is 0.317 e. The summed E-state index contributed by atoms with van der Waals surface area (Å²) in [6.45, 7) is 5.12. The third-order valence-corrected chi connectivity index (χ3v) is 2.18. The first-order valence-electron chi connectivity index (χ1n) is 5.06. The van der Waals surface area contributed by atoms with Crippen LogP contribution in [0.3, 0.4) is 0 Å². The number of carbonyl (C=O) groups excluding carboxylic acids is 1. The second-order valence-corrected chi connectivity index (χ2v) is 3.34. The fraction of sp³-hybridized carbons (Fsp3) is 0.455. The van der Waals surface area contributed by atoms with Gasteiger partial charge in [0, 0.05) is 19.3 Å². The van der Waals surface area contributed by atoms with Crippen molar-refractivity contribution in [2.24, 2.45) is 0 Å². The molecule has 15 heavy (non-hydrogen) atoms. The van der Waals surface area contributed by atoms with E-state index < -0.39 is 0 Å². The van der Waals surface area contributed by atoms with E-state index in [1.165, 1.54) is 0 Å². The lowest BCUT2D eigenvalue weighted by atomic mass is 10.3. The Labute approximate surface area is 90.3 Å². The van der Waals surface area contributed by atoms with Crippen LogP contribution in [0.5, 0.6) is 0 Å². The standard InChI is InChI=1S/C11H17N3O/c1-4-14(11(15)12-3)8-10-7-5-6-9(2)13-10/h5-7H,4,8H2,1-3H3,(H,12,15). The minimum atomic E-state index is -0.0687. The number of nitrogens with one attached hydrogen (secondary N) is 1. The van der Waals surface area contributed by atoms with Gasteiger partial charge < -0.3 is 10.2 Å². The molecule has 0 aliphatic heterocycles. The zero-order chi connectivity index (χ0) is 11.3. The fourth-order valence-electron chi connectivity index (χ4n) is 1.37. The predicted molar refractivity (Wildman–Crippen MR) is 59.5 cm³/mol. The molecule has 0 saturated heterocycles. The molecular weight excluding hydrogens is 190 g/mol. The van der Waals surface area contributed by atoms with E-state index in [0.29, 0.717) is 13.1 Å². The Bertz CT molecular complexity index is 338. The van der Waals surface area contributed by atoms with Crippen LogP contribution in [0.15, 0.2) is 18.2 Å². The van der Waals surface area contributed by atoms with Crippen molar-refractivity contribution in [3.8, 4) is 0 Å². The van der Waals surface area contributed by atoms with Gasteiger partial charge in [0.2, 0.25) is 0 Å². The van der Waals surface area contributed by atoms with E-state index in [1.54, 1.807) is 11.9 Å². The number of carbonyl (C=O) groups is 1. The summed E-state index contributed by atoms with van der Waals surface area (Å²) in [5.41, 5.74) is 1.89. The number of rotatable bonds is 3. The van der Waals surface area contributed by atoms with Crippen LogP contribution in [0.4, 0.5) is 4.79 Å². The van der Waals surface area contributed by atoms with Crippen molar-refractivity contribution < 1.29 is 4.79 Å². The predicted octanol–water partition coefficient (Wildman–Crippen LogP) is 1.55. The summed E-state index contributed by atoms with van der Waals surface area (Å²) in [6.07, 6.45) is 0. The fourth-order valence-corrected chi connectivity index (χ4v) is 1.37. The zero-order valence-corrected chi connectivity index (χ0v) is 9.45. The van der Waals surface area contributed by atoms with E-state index in [0.717, 1.165) is 11.4 Å². The van der Waals surface area contributed by atoms with Gasteiger partial charge in [0.25, 0.3) is 0 Å². The lowest BCUT2D eigenvalue weighted by Crippen LogP contribution is -2.37. The van der Waals surface area contributed by atoms with Crippen molar-refractivity contribution in [2.45, 2.75) is 20.4 Å². The summed E-state index contributed by atoms with van der Waals surface area (Å²) >= 11 is 0. The second-order valence-electron chi connectivity index (χ2n) is 3.34. The topological polar surface area (TPSA) is 45.2 Å². The van der Waals surface area contributed by atoms with Crippen LogP contribution in [-0.4, -0.2) is 29.5 Å². The van der Waals surface area contributed by atoms with E-state index in [4.69, 9.17) is 0 Å². The Morgan fingerprint density at radius 3 is 2.80 bits per heavy atom. The molecule has 0 unspecified atom stereocenters. The molecule has 0 atom stereocenters. The molecule has 82 valence electrons. The number of amides is 2. The van der Waals surface area contributed by atoms with Crippen molar-refractivity contribution >= 4 is 6.03 Å². The Kier molecular flexibility index (Phi) is 4.09. The second kappa shape index (κ2) is 5.34. The van der Waals surface area contributed by atoms with Crippen LogP contribution in [-0.2, 0) is 6.54 Å². The van der Waals surface area contributed by atoms with E-state index in [9.17, 15) is 4.79 Å². The number of aryl methyl sites for hydroxylation is 1. The Morgan fingerprint density at radius 2 is 2.27 bits per heavy atom. The zero-order valence-electron chi connectivity index (χ0n) is 9.45. The summed E-state index contributed by atoms with van der Waals surface area (Å²) in [5.74, 6) is 0. The van der Waals surface area contributed by atoms with Crippen molar-refractivity contribution in [2.75, 3.05) is 13.6 Å². The third kappa shape index (κ3) is 3.23. The van der Waals surface area contributed by atoms with Crippen molar-refractivity contribution in [3.63, 3.8) is 0 Å². The average Bonchev–Trinajstić information content (AvgIpc) is 2.25. The molecule has 1 aromatic heterocycles. The summed E-state index contributed by atoms with van der Waals surface area (Å²) in [5, 5.41) is 2.61. The van der Waals surface area contributed by atoms with Gasteiger partial charge in [0.15, 0.2) is 0 Å². The molecule has 0 aliphatic rings. The lowest BCUT2D eigenvalue weighted by Gasteiger charge is -2.19. The number of pyridine rings is 1. The minimum Gasteiger partial charge on any atom is -0.341 e. The quantitative estimate of drug-likeness (QED) is 0.817. The third-order valence-electron chi connectivity index (χ3n) is 2.18. The molecule has 0 saturated carbocycles. The van der Waals surface area contributed by atoms with Crippen molar-refractivity contribution in [1.29, 1.82) is 0 Å². The first kappa shape index (κ1) is 11.5. The molecule has 0 spiro atoms. The van der Waals surface area contributed by atoms with Gasteiger partial charge in [-0.1, -0.05) is 6.07 Å². The van der Waals surface area contributed by atoms with Gasteiger partial charge in [-0.25, -0.2) is 4.79 Å². The van der Waals surface area contributed by atoms with Gasteiger partial charge in [-0.3, -0.25) is 4.98 Å². The molecule has 1 aromatic rings. The lowest BCUT2D eigenvalue weighted by molar-refractivity contribution is 0.200. The summed E-state index contributed by atoms with van der Waals surface area (Å²) in [7, 11) is 1.63. The largest absolute Gasteiger partial charge is 0.341 e. The summed E-state index contributed by atoms with van der Waals surface area (Å²) in [6, 6.07) is 5.76. The Balaban J connectivity index is 2.70. The number of urea groups is 1. The van der Waals surface area contributed by atoms with Crippen molar-refractivity contribution in [1.82, 2.24) is 15.2 Å². The van der Waals surface area contributed by atoms with Gasteiger partial charge >= 0.3 is 6.03 Å². The minimum absolute atomic E-state index is 0.0687. The molecule has 2 amide bonds. The normalized spacial score (nSPS) is 9.80. The van der Waals surface area contributed by atoms with E-state index in [-0.39, 0.29) is 6.03 Å². The Morgan fingerprint density at radius 1 is 1.53 bits per heavy atom. The maximum absolute atomic E-state index is 11.4. The Hall–Kier alpha value is -1.58. The summed E-state index contributed by atoms with van der Waals surface area (Å²) < 4.78 is 0. The van der Waals surface area contributed by atoms with E-state index >= 15 is 0 Å². The number of nitrogens with zero attached hydrogens (tertiary/aromatic N) is 2. The molecule has 0 radical (unpaired) electrons. The maximum atomic E-state index is 11.4. The average molecular weight is 207 g/mol. The smallest absolute Gasteiger partial charge is 0.317 e. The first-order valence-corrected chi connectivity index (χ1v) is 5.06. The van der Waals surface area contributed by atoms with Gasteiger partial charge in [0.05, 0.1) is 12.2 Å². The van der Waals surface area contributed by atoms with Crippen LogP contribution in [0, 0.1) is 6.92 Å². The van der Waals surface area contributed by atoms with Gasteiger partial charge in [-0.2, -0.15) is 0 Å². The summed E-state index contributed by atoms with van der Waals surface area (Å²) in [4.78, 5) is 17.5. The monoisotopic (exact) mass is 207 g/mol. The SMILES string of the molecule is CCN(Cc1cccc(C)n1)C(=O)NC. The van der Waals surface area contributed by atoms with E-state index in [1.807, 2.05) is 32.0 Å². The van der Waals surface area contributed by atoms with E-state index in [2.05, 4.69) is 10.3 Å². The number of hydrogen-bond acceptors (Lipinski definition) is 2. The van der Waals surface area contributed by atoms with Crippen LogP contribution in [0.2, 0.25) is 0 Å². The highest BCUT2D eigenvalue weighted by Gasteiger charge is 2.10. The highest BCUT2D eigenvalue weighted by molar-refractivity contribution is 5.73.